The molecule has 1 N–H and O–H groups in total. The zero-order valence-electron chi connectivity index (χ0n) is 12.0. The molecule has 1 aliphatic heterocycles. The first kappa shape index (κ1) is 13.5. The maximum absolute atomic E-state index is 13.5. The van der Waals surface area contributed by atoms with E-state index in [2.05, 4.69) is 10.2 Å². The van der Waals surface area contributed by atoms with Crippen molar-refractivity contribution in [2.75, 3.05) is 13.1 Å². The molecule has 0 radical (unpaired) electrons. The molecule has 4 nitrogen and oxygen atoms in total. The number of H-pyrrole nitrogens is 1. The van der Waals surface area contributed by atoms with Crippen molar-refractivity contribution in [1.29, 1.82) is 0 Å². The van der Waals surface area contributed by atoms with Crippen molar-refractivity contribution in [3.63, 3.8) is 0 Å². The van der Waals surface area contributed by atoms with Crippen molar-refractivity contribution in [3.05, 3.63) is 17.5 Å². The predicted octanol–water partition coefficient (Wildman–Crippen LogP) is 2.58. The average Bonchev–Trinajstić information content (AvgIpc) is 2.74. The summed E-state index contributed by atoms with van der Waals surface area (Å²) in [6, 6.07) is 1.71. The molecule has 2 fully saturated rings. The Morgan fingerprint density at radius 1 is 1.35 bits per heavy atom. The molecule has 20 heavy (non-hydrogen) atoms. The van der Waals surface area contributed by atoms with E-state index in [0.717, 1.165) is 5.69 Å². The van der Waals surface area contributed by atoms with Gasteiger partial charge in [-0.05, 0) is 12.5 Å². The molecule has 0 aromatic carbocycles. The molecule has 1 aliphatic carbocycles. The lowest BCUT2D eigenvalue weighted by atomic mass is 9.60. The highest BCUT2D eigenvalue weighted by molar-refractivity contribution is 5.93. The second-order valence-corrected chi connectivity index (χ2v) is 7.06. The minimum atomic E-state index is -2.61. The molecule has 0 bridgehead atoms. The smallest absolute Gasteiger partial charge is 0.274 e. The quantitative estimate of drug-likeness (QED) is 0.861. The molecule has 1 saturated heterocycles. The van der Waals surface area contributed by atoms with E-state index in [9.17, 15) is 13.6 Å². The fourth-order valence-electron chi connectivity index (χ4n) is 2.86. The number of alkyl halides is 2. The van der Waals surface area contributed by atoms with Gasteiger partial charge < -0.3 is 4.90 Å². The molecule has 2 aliphatic rings. The lowest BCUT2D eigenvalue weighted by molar-refractivity contribution is -0.248. The third kappa shape index (κ3) is 1.77. The Kier molecular flexibility index (Phi) is 2.57. The third-order valence-electron chi connectivity index (χ3n) is 4.57. The van der Waals surface area contributed by atoms with Gasteiger partial charge in [0.2, 0.25) is 0 Å². The van der Waals surface area contributed by atoms with Gasteiger partial charge in [-0.25, -0.2) is 8.78 Å². The summed E-state index contributed by atoms with van der Waals surface area (Å²) in [5.74, 6) is -2.86. The monoisotopic (exact) mass is 283 g/mol. The van der Waals surface area contributed by atoms with Crippen LogP contribution in [0.1, 0.15) is 49.8 Å². The SMILES string of the molecule is CC(C)(C)c1cc(C(=O)N2CC3(CCC3(F)F)C2)n[nH]1. The lowest BCUT2D eigenvalue weighted by Gasteiger charge is -2.59. The van der Waals surface area contributed by atoms with Crippen LogP contribution in [0.5, 0.6) is 0 Å². The molecule has 1 aromatic rings. The maximum atomic E-state index is 13.5. The normalized spacial score (nSPS) is 23.4. The molecule has 1 saturated carbocycles. The Labute approximate surface area is 116 Å². The molecule has 1 aromatic heterocycles. The van der Waals surface area contributed by atoms with Crippen LogP contribution in [0, 0.1) is 5.41 Å². The van der Waals surface area contributed by atoms with E-state index >= 15 is 0 Å². The van der Waals surface area contributed by atoms with E-state index < -0.39 is 11.3 Å². The van der Waals surface area contributed by atoms with Crippen molar-refractivity contribution in [2.24, 2.45) is 5.41 Å². The number of hydrogen-bond acceptors (Lipinski definition) is 2. The Bertz CT molecular complexity index is 553. The number of aromatic nitrogens is 2. The van der Waals surface area contributed by atoms with Gasteiger partial charge >= 0.3 is 0 Å². The van der Waals surface area contributed by atoms with Gasteiger partial charge in [0.1, 0.15) is 5.69 Å². The van der Waals surface area contributed by atoms with E-state index in [1.165, 1.54) is 4.90 Å². The first-order valence-corrected chi connectivity index (χ1v) is 6.88. The first-order chi connectivity index (χ1) is 9.15. The van der Waals surface area contributed by atoms with Crippen molar-refractivity contribution in [1.82, 2.24) is 15.1 Å². The fourth-order valence-corrected chi connectivity index (χ4v) is 2.86. The number of carbonyl (C=O) groups excluding carboxylic acids is 1. The summed E-state index contributed by atoms with van der Waals surface area (Å²) >= 11 is 0. The second-order valence-electron chi connectivity index (χ2n) is 7.06. The molecule has 1 spiro atoms. The van der Waals surface area contributed by atoms with Crippen LogP contribution in [0.15, 0.2) is 6.07 Å². The fraction of sp³-hybridized carbons (Fsp3) is 0.714. The molecular weight excluding hydrogens is 264 g/mol. The Morgan fingerprint density at radius 2 is 2.00 bits per heavy atom. The molecule has 3 rings (SSSR count). The van der Waals surface area contributed by atoms with Gasteiger partial charge in [-0.15, -0.1) is 0 Å². The topological polar surface area (TPSA) is 49.0 Å². The minimum absolute atomic E-state index is 0.0500. The summed E-state index contributed by atoms with van der Waals surface area (Å²) < 4.78 is 27.0. The highest BCUT2D eigenvalue weighted by Gasteiger charge is 2.67. The van der Waals surface area contributed by atoms with Gasteiger partial charge in [-0.1, -0.05) is 20.8 Å². The Hall–Kier alpha value is -1.46. The third-order valence-corrected chi connectivity index (χ3v) is 4.57. The van der Waals surface area contributed by atoms with Crippen LogP contribution >= 0.6 is 0 Å². The number of halogens is 2. The average molecular weight is 283 g/mol. The summed E-state index contributed by atoms with van der Waals surface area (Å²) in [6.07, 6.45) is 0.462. The van der Waals surface area contributed by atoms with Crippen LogP contribution in [-0.4, -0.2) is 40.0 Å². The number of nitrogens with one attached hydrogen (secondary N) is 1. The maximum Gasteiger partial charge on any atom is 0.274 e. The number of aromatic amines is 1. The summed E-state index contributed by atoms with van der Waals surface area (Å²) in [4.78, 5) is 13.7. The summed E-state index contributed by atoms with van der Waals surface area (Å²) in [7, 11) is 0. The van der Waals surface area contributed by atoms with Crippen molar-refractivity contribution >= 4 is 5.91 Å². The summed E-state index contributed by atoms with van der Waals surface area (Å²) in [5.41, 5.74) is 0.103. The zero-order valence-corrected chi connectivity index (χ0v) is 12.0. The number of likely N-dealkylation sites (tertiary alicyclic amines) is 1. The van der Waals surface area contributed by atoms with Gasteiger partial charge in [-0.2, -0.15) is 5.10 Å². The summed E-state index contributed by atoms with van der Waals surface area (Å²) in [6.45, 7) is 6.35. The van der Waals surface area contributed by atoms with Gasteiger partial charge in [0.15, 0.2) is 0 Å². The molecule has 6 heteroatoms. The van der Waals surface area contributed by atoms with Crippen LogP contribution < -0.4 is 0 Å². The van der Waals surface area contributed by atoms with E-state index in [4.69, 9.17) is 0 Å². The molecular formula is C14H19F2N3O. The van der Waals surface area contributed by atoms with E-state index in [1.54, 1.807) is 6.07 Å². The van der Waals surface area contributed by atoms with Crippen molar-refractivity contribution < 1.29 is 13.6 Å². The van der Waals surface area contributed by atoms with Gasteiger partial charge in [-0.3, -0.25) is 9.89 Å². The second kappa shape index (κ2) is 3.80. The zero-order chi connectivity index (χ0) is 14.8. The van der Waals surface area contributed by atoms with E-state index in [1.807, 2.05) is 20.8 Å². The largest absolute Gasteiger partial charge is 0.336 e. The number of amides is 1. The molecule has 1 amide bonds. The highest BCUT2D eigenvalue weighted by Crippen LogP contribution is 2.58. The standard InChI is InChI=1S/C14H19F2N3O/c1-12(2,3)10-6-9(17-18-10)11(20)19-7-13(8-19)4-5-14(13,15)16/h6H,4-5,7-8H2,1-3H3,(H,17,18). The van der Waals surface area contributed by atoms with Gasteiger partial charge in [0, 0.05) is 30.6 Å². The number of nitrogens with zero attached hydrogens (tertiary/aromatic N) is 2. The molecule has 2 heterocycles. The van der Waals surface area contributed by atoms with Crippen LogP contribution in [0.4, 0.5) is 8.78 Å². The predicted molar refractivity (Wildman–Crippen MR) is 69.8 cm³/mol. The summed E-state index contributed by atoms with van der Waals surface area (Å²) in [5, 5.41) is 6.86. The molecule has 110 valence electrons. The van der Waals surface area contributed by atoms with Crippen LogP contribution in [0.2, 0.25) is 0 Å². The highest BCUT2D eigenvalue weighted by atomic mass is 19.3. The molecule has 0 unspecified atom stereocenters. The number of hydrogen-bond donors (Lipinski definition) is 1. The van der Waals surface area contributed by atoms with E-state index in [-0.39, 0.29) is 30.8 Å². The van der Waals surface area contributed by atoms with Crippen LogP contribution in [0.3, 0.4) is 0 Å². The number of rotatable bonds is 1. The molecule has 0 atom stereocenters. The van der Waals surface area contributed by atoms with Gasteiger partial charge in [0.25, 0.3) is 11.8 Å². The first-order valence-electron chi connectivity index (χ1n) is 6.88. The Balaban J connectivity index is 1.68. The Morgan fingerprint density at radius 3 is 2.40 bits per heavy atom. The van der Waals surface area contributed by atoms with E-state index in [0.29, 0.717) is 12.1 Å². The van der Waals surface area contributed by atoms with Crippen molar-refractivity contribution in [2.45, 2.75) is 45.0 Å². The van der Waals surface area contributed by atoms with Crippen LogP contribution in [-0.2, 0) is 5.41 Å². The van der Waals surface area contributed by atoms with Crippen LogP contribution in [0.25, 0.3) is 0 Å². The van der Waals surface area contributed by atoms with Crippen molar-refractivity contribution in [3.8, 4) is 0 Å². The van der Waals surface area contributed by atoms with Gasteiger partial charge in [0.05, 0.1) is 5.41 Å². The lowest BCUT2D eigenvalue weighted by Crippen LogP contribution is -2.70. The number of carbonyl (C=O) groups is 1. The minimum Gasteiger partial charge on any atom is -0.336 e.